The van der Waals surface area contributed by atoms with Crippen LogP contribution in [0.4, 0.5) is 5.13 Å². The molecular formula is C25H30N4O4S2. The van der Waals surface area contributed by atoms with E-state index in [1.54, 1.807) is 34.3 Å². The number of amides is 1. The minimum absolute atomic E-state index is 0.123. The van der Waals surface area contributed by atoms with Crippen LogP contribution >= 0.6 is 11.3 Å². The van der Waals surface area contributed by atoms with Crippen LogP contribution in [0.25, 0.3) is 11.1 Å². The van der Waals surface area contributed by atoms with Crippen LogP contribution in [0.15, 0.2) is 57.7 Å². The van der Waals surface area contributed by atoms with Crippen molar-refractivity contribution in [2.24, 2.45) is 5.92 Å². The van der Waals surface area contributed by atoms with Gasteiger partial charge in [0.25, 0.3) is 5.56 Å². The number of rotatable bonds is 8. The molecule has 1 aromatic carbocycles. The number of hydrogen-bond acceptors (Lipinski definition) is 6. The summed E-state index contributed by atoms with van der Waals surface area (Å²) in [6.45, 7) is 1.81. The Hall–Kier alpha value is -2.82. The summed E-state index contributed by atoms with van der Waals surface area (Å²) in [5.41, 5.74) is 1.57. The molecule has 2 heterocycles. The fourth-order valence-corrected chi connectivity index (χ4v) is 6.09. The quantitative estimate of drug-likeness (QED) is 0.465. The molecule has 0 radical (unpaired) electrons. The van der Waals surface area contributed by atoms with Crippen LogP contribution in [-0.2, 0) is 14.8 Å². The zero-order valence-corrected chi connectivity index (χ0v) is 21.5. The molecule has 1 fully saturated rings. The maximum atomic E-state index is 13.4. The van der Waals surface area contributed by atoms with Gasteiger partial charge in [-0.05, 0) is 55.6 Å². The lowest BCUT2D eigenvalue weighted by molar-refractivity contribution is -0.120. The van der Waals surface area contributed by atoms with E-state index in [0.717, 1.165) is 25.7 Å². The monoisotopic (exact) mass is 514 g/mol. The number of pyridine rings is 1. The third kappa shape index (κ3) is 5.88. The Bertz CT molecular complexity index is 1340. The Balaban J connectivity index is 1.70. The molecule has 0 saturated heterocycles. The van der Waals surface area contributed by atoms with Gasteiger partial charge in [0.15, 0.2) is 5.13 Å². The molecule has 2 aromatic heterocycles. The first-order chi connectivity index (χ1) is 16.8. The molecule has 1 aliphatic carbocycles. The second-order valence-corrected chi connectivity index (χ2v) is 11.7. The van der Waals surface area contributed by atoms with Gasteiger partial charge in [0.2, 0.25) is 15.9 Å². The van der Waals surface area contributed by atoms with Crippen molar-refractivity contribution in [2.75, 3.05) is 12.4 Å². The second-order valence-electron chi connectivity index (χ2n) is 8.91. The average molecular weight is 515 g/mol. The maximum absolute atomic E-state index is 13.4. The van der Waals surface area contributed by atoms with E-state index >= 15 is 0 Å². The van der Waals surface area contributed by atoms with Crippen LogP contribution < -0.4 is 15.6 Å². The average Bonchev–Trinajstić information content (AvgIpc) is 3.36. The van der Waals surface area contributed by atoms with Gasteiger partial charge >= 0.3 is 0 Å². The number of aromatic nitrogens is 2. The zero-order chi connectivity index (χ0) is 25.0. The molecule has 10 heteroatoms. The predicted octanol–water partition coefficient (Wildman–Crippen LogP) is 4.34. The maximum Gasteiger partial charge on any atom is 0.252 e. The Labute approximate surface area is 209 Å². The fourth-order valence-electron chi connectivity index (χ4n) is 4.78. The minimum atomic E-state index is -3.61. The number of aryl methyl sites for hydroxylation is 1. The topological polar surface area (TPSA) is 110 Å². The van der Waals surface area contributed by atoms with E-state index in [-0.39, 0.29) is 16.4 Å². The van der Waals surface area contributed by atoms with Gasteiger partial charge in [-0.3, -0.25) is 9.59 Å². The largest absolute Gasteiger partial charge is 0.300 e. The Morgan fingerprint density at radius 1 is 1.17 bits per heavy atom. The highest BCUT2D eigenvalue weighted by Gasteiger charge is 2.28. The molecular weight excluding hydrogens is 484 g/mol. The Morgan fingerprint density at radius 3 is 2.60 bits per heavy atom. The van der Waals surface area contributed by atoms with Crippen molar-refractivity contribution in [1.82, 2.24) is 14.3 Å². The van der Waals surface area contributed by atoms with E-state index in [4.69, 9.17) is 0 Å². The minimum Gasteiger partial charge on any atom is -0.300 e. The van der Waals surface area contributed by atoms with Gasteiger partial charge in [0, 0.05) is 23.3 Å². The van der Waals surface area contributed by atoms with Gasteiger partial charge in [-0.2, -0.15) is 0 Å². The fraction of sp³-hybridized carbons (Fsp3) is 0.400. The van der Waals surface area contributed by atoms with E-state index in [2.05, 4.69) is 15.0 Å². The molecule has 0 aliphatic heterocycles. The predicted molar refractivity (Wildman–Crippen MR) is 138 cm³/mol. The van der Waals surface area contributed by atoms with E-state index < -0.39 is 16.1 Å². The molecule has 1 saturated carbocycles. The Kier molecular flexibility index (Phi) is 7.83. The van der Waals surface area contributed by atoms with Crippen LogP contribution in [0.1, 0.15) is 50.3 Å². The summed E-state index contributed by atoms with van der Waals surface area (Å²) in [5, 5.41) is 5.18. The summed E-state index contributed by atoms with van der Waals surface area (Å²) in [6.07, 6.45) is 7.83. The third-order valence-electron chi connectivity index (χ3n) is 6.57. The van der Waals surface area contributed by atoms with Crippen LogP contribution in [0.2, 0.25) is 0 Å². The smallest absolute Gasteiger partial charge is 0.252 e. The molecule has 2 N–H and O–H groups in total. The molecule has 4 rings (SSSR count). The summed E-state index contributed by atoms with van der Waals surface area (Å²) in [6, 6.07) is 9.11. The molecule has 3 aromatic rings. The molecule has 0 spiro atoms. The van der Waals surface area contributed by atoms with Crippen LogP contribution in [0.3, 0.4) is 0 Å². The van der Waals surface area contributed by atoms with Crippen molar-refractivity contribution in [1.29, 1.82) is 0 Å². The van der Waals surface area contributed by atoms with Gasteiger partial charge in [-0.25, -0.2) is 18.1 Å². The number of nitrogens with one attached hydrogen (secondary N) is 2. The molecule has 1 amide bonds. The van der Waals surface area contributed by atoms with Gasteiger partial charge in [-0.1, -0.05) is 44.2 Å². The molecule has 0 unspecified atom stereocenters. The highest BCUT2D eigenvalue weighted by Crippen LogP contribution is 2.32. The number of benzene rings is 1. The summed E-state index contributed by atoms with van der Waals surface area (Å²) in [7, 11) is -2.26. The highest BCUT2D eigenvalue weighted by atomic mass is 32.2. The number of nitrogens with zero attached hydrogens (tertiary/aromatic N) is 2. The van der Waals surface area contributed by atoms with E-state index in [0.29, 0.717) is 34.3 Å². The van der Waals surface area contributed by atoms with Crippen LogP contribution in [0, 0.1) is 12.8 Å². The standard InChI is InChI=1S/C25H30N4O4S2/c1-17-13-20(19-9-6-10-21(15-19)35(32,33)26-2)16-23(30)29(17)22(14-18-7-4-3-5-8-18)24(31)28-25-27-11-12-34-25/h6,9-13,15-16,18,22,26H,3-5,7-8,14H2,1-2H3,(H,27,28,31)/t22-/m0/s1. The first-order valence-corrected chi connectivity index (χ1v) is 14.1. The highest BCUT2D eigenvalue weighted by molar-refractivity contribution is 7.89. The number of sulfonamides is 1. The van der Waals surface area contributed by atoms with E-state index in [1.165, 1.54) is 36.9 Å². The number of thiazole rings is 1. The molecule has 35 heavy (non-hydrogen) atoms. The number of carbonyl (C=O) groups is 1. The SMILES string of the molecule is CNS(=O)(=O)c1cccc(-c2cc(C)n([C@@H](CC3CCCCC3)C(=O)Nc3nccs3)c(=O)c2)c1. The lowest BCUT2D eigenvalue weighted by Crippen LogP contribution is -2.36. The second kappa shape index (κ2) is 10.8. The summed E-state index contributed by atoms with van der Waals surface area (Å²) in [5.74, 6) is 0.135. The lowest BCUT2D eigenvalue weighted by atomic mass is 9.84. The van der Waals surface area contributed by atoms with Crippen LogP contribution in [0.5, 0.6) is 0 Å². The molecule has 8 nitrogen and oxygen atoms in total. The van der Waals surface area contributed by atoms with Gasteiger partial charge < -0.3 is 9.88 Å². The van der Waals surface area contributed by atoms with E-state index in [1.807, 2.05) is 13.0 Å². The Morgan fingerprint density at radius 2 is 1.94 bits per heavy atom. The summed E-state index contributed by atoms with van der Waals surface area (Å²) < 4.78 is 28.3. The van der Waals surface area contributed by atoms with Crippen LogP contribution in [-0.4, -0.2) is 30.9 Å². The van der Waals surface area contributed by atoms with E-state index in [9.17, 15) is 18.0 Å². The number of hydrogen-bond donors (Lipinski definition) is 2. The number of anilines is 1. The van der Waals surface area contributed by atoms with Gasteiger partial charge in [0.1, 0.15) is 6.04 Å². The van der Waals surface area contributed by atoms with Crippen molar-refractivity contribution in [3.8, 4) is 11.1 Å². The molecule has 1 atom stereocenters. The van der Waals surface area contributed by atoms with Gasteiger partial charge in [0.05, 0.1) is 4.90 Å². The number of carbonyl (C=O) groups excluding carboxylic acids is 1. The first-order valence-electron chi connectivity index (χ1n) is 11.8. The lowest BCUT2D eigenvalue weighted by Gasteiger charge is -2.28. The van der Waals surface area contributed by atoms with Gasteiger partial charge in [-0.15, -0.1) is 11.3 Å². The van der Waals surface area contributed by atoms with Crippen molar-refractivity contribution >= 4 is 32.4 Å². The van der Waals surface area contributed by atoms with Crippen molar-refractivity contribution in [2.45, 2.75) is 56.4 Å². The van der Waals surface area contributed by atoms with Crippen molar-refractivity contribution in [3.05, 3.63) is 64.0 Å². The van der Waals surface area contributed by atoms with Crippen molar-refractivity contribution in [3.63, 3.8) is 0 Å². The molecule has 0 bridgehead atoms. The summed E-state index contributed by atoms with van der Waals surface area (Å²) >= 11 is 1.34. The third-order valence-corrected chi connectivity index (χ3v) is 8.67. The normalized spacial score (nSPS) is 15.6. The molecule has 1 aliphatic rings. The van der Waals surface area contributed by atoms with Crippen molar-refractivity contribution < 1.29 is 13.2 Å². The first kappa shape index (κ1) is 25.3. The zero-order valence-electron chi connectivity index (χ0n) is 19.9. The summed E-state index contributed by atoms with van der Waals surface area (Å²) in [4.78, 5) is 31.0. The molecule has 186 valence electrons.